The van der Waals surface area contributed by atoms with Crippen LogP contribution in [0.1, 0.15) is 10.4 Å². The summed E-state index contributed by atoms with van der Waals surface area (Å²) in [5.41, 5.74) is 9.62. The molecule has 26 heavy (non-hydrogen) atoms. The third-order valence-electron chi connectivity index (χ3n) is 3.91. The van der Waals surface area contributed by atoms with Crippen LogP contribution in [-0.4, -0.2) is 10.9 Å². The number of pyridine rings is 1. The van der Waals surface area contributed by atoms with E-state index in [4.69, 9.17) is 5.73 Å². The molecule has 0 saturated heterocycles. The van der Waals surface area contributed by atoms with Crippen molar-refractivity contribution in [2.24, 2.45) is 0 Å². The molecule has 0 saturated carbocycles. The zero-order valence-electron chi connectivity index (χ0n) is 13.7. The number of aromatic nitrogens is 1. The van der Waals surface area contributed by atoms with Crippen LogP contribution in [0.3, 0.4) is 0 Å². The fourth-order valence-electron chi connectivity index (χ4n) is 2.60. The van der Waals surface area contributed by atoms with Crippen LogP contribution in [0.5, 0.6) is 0 Å². The van der Waals surface area contributed by atoms with Gasteiger partial charge in [-0.25, -0.2) is 0 Å². The predicted octanol–water partition coefficient (Wildman–Crippen LogP) is 5.37. The molecule has 0 aliphatic carbocycles. The van der Waals surface area contributed by atoms with E-state index in [-0.39, 0.29) is 5.91 Å². The molecule has 1 aromatic carbocycles. The lowest BCUT2D eigenvalue weighted by molar-refractivity contribution is 0.102. The number of anilines is 2. The third kappa shape index (κ3) is 3.37. The third-order valence-corrected chi connectivity index (χ3v) is 5.75. The van der Waals surface area contributed by atoms with Crippen molar-refractivity contribution in [2.45, 2.75) is 0 Å². The lowest BCUT2D eigenvalue weighted by atomic mass is 10.1. The Bertz CT molecular complexity index is 1040. The lowest BCUT2D eigenvalue weighted by Crippen LogP contribution is -2.13. The Hall–Kier alpha value is -2.96. The Morgan fingerprint density at radius 2 is 1.65 bits per heavy atom. The van der Waals surface area contributed by atoms with Crippen LogP contribution in [0, 0.1) is 0 Å². The molecule has 0 fully saturated rings. The summed E-state index contributed by atoms with van der Waals surface area (Å²) in [7, 11) is 0. The molecule has 1 amide bonds. The Kier molecular flexibility index (Phi) is 4.51. The monoisotopic (exact) mass is 377 g/mol. The number of carbonyl (C=O) groups excluding carboxylic acids is 1. The molecule has 4 rings (SSSR count). The molecule has 0 atom stereocenters. The van der Waals surface area contributed by atoms with Crippen LogP contribution in [0.2, 0.25) is 0 Å². The van der Waals surface area contributed by atoms with E-state index in [2.05, 4.69) is 10.3 Å². The van der Waals surface area contributed by atoms with E-state index in [1.165, 1.54) is 0 Å². The maximum atomic E-state index is 12.7. The highest BCUT2D eigenvalue weighted by Crippen LogP contribution is 2.30. The minimum atomic E-state index is -0.231. The first-order valence-corrected chi connectivity index (χ1v) is 9.70. The Morgan fingerprint density at radius 1 is 0.923 bits per heavy atom. The van der Waals surface area contributed by atoms with Gasteiger partial charge in [-0.1, -0.05) is 18.2 Å². The van der Waals surface area contributed by atoms with E-state index >= 15 is 0 Å². The number of nitrogens with zero attached hydrogens (tertiary/aromatic N) is 1. The van der Waals surface area contributed by atoms with E-state index < -0.39 is 0 Å². The second kappa shape index (κ2) is 7.11. The number of carbonyl (C=O) groups is 1. The van der Waals surface area contributed by atoms with Gasteiger partial charge in [0.05, 0.1) is 16.9 Å². The molecular formula is C20H15N3OS2. The highest BCUT2D eigenvalue weighted by Gasteiger charge is 2.12. The van der Waals surface area contributed by atoms with E-state index in [0.29, 0.717) is 16.9 Å². The second-order valence-corrected chi connectivity index (χ2v) is 7.57. The molecule has 0 bridgehead atoms. The largest absolute Gasteiger partial charge is 0.397 e. The van der Waals surface area contributed by atoms with Crippen LogP contribution in [0.4, 0.5) is 11.4 Å². The molecule has 0 unspecified atom stereocenters. The molecule has 4 aromatic rings. The van der Waals surface area contributed by atoms with Crippen LogP contribution in [0.15, 0.2) is 71.7 Å². The quantitative estimate of drug-likeness (QED) is 0.470. The summed E-state index contributed by atoms with van der Waals surface area (Å²) in [5.74, 6) is -0.231. The van der Waals surface area contributed by atoms with Crippen molar-refractivity contribution >= 4 is 40.0 Å². The second-order valence-electron chi connectivity index (χ2n) is 5.67. The zero-order valence-corrected chi connectivity index (χ0v) is 15.3. The van der Waals surface area contributed by atoms with Crippen molar-refractivity contribution < 1.29 is 4.79 Å². The van der Waals surface area contributed by atoms with E-state index in [9.17, 15) is 4.79 Å². The summed E-state index contributed by atoms with van der Waals surface area (Å²) >= 11 is 3.26. The number of thiophene rings is 2. The molecule has 3 N–H and O–H groups in total. The normalized spacial score (nSPS) is 10.6. The Balaban J connectivity index is 1.61. The molecule has 0 radical (unpaired) electrons. The van der Waals surface area contributed by atoms with Gasteiger partial charge in [0.2, 0.25) is 0 Å². The van der Waals surface area contributed by atoms with Gasteiger partial charge in [-0.3, -0.25) is 9.78 Å². The van der Waals surface area contributed by atoms with Crippen molar-refractivity contribution in [1.82, 2.24) is 4.98 Å². The van der Waals surface area contributed by atoms with Crippen molar-refractivity contribution in [2.75, 3.05) is 11.1 Å². The summed E-state index contributed by atoms with van der Waals surface area (Å²) in [6.07, 6.45) is 3.32. The van der Waals surface area contributed by atoms with Crippen LogP contribution >= 0.6 is 22.7 Å². The number of nitrogen functional groups attached to an aromatic ring is 1. The number of hydrogen-bond donors (Lipinski definition) is 2. The first-order valence-electron chi connectivity index (χ1n) is 7.94. The van der Waals surface area contributed by atoms with Gasteiger partial charge in [-0.05, 0) is 46.7 Å². The fraction of sp³-hybridized carbons (Fsp3) is 0. The molecular weight excluding hydrogens is 362 g/mol. The standard InChI is InChI=1S/C20H15N3OS2/c21-16-6-5-13(18-3-1-7-25-18)10-17(16)23-20(24)15-9-14(11-22-12-15)19-4-2-8-26-19/h1-12H,21H2,(H,23,24). The Morgan fingerprint density at radius 3 is 2.35 bits per heavy atom. The van der Waals surface area contributed by atoms with Gasteiger partial charge in [-0.2, -0.15) is 0 Å². The number of rotatable bonds is 4. The molecule has 3 aromatic heterocycles. The molecule has 3 heterocycles. The van der Waals surface area contributed by atoms with Crippen LogP contribution < -0.4 is 11.1 Å². The number of hydrogen-bond acceptors (Lipinski definition) is 5. The maximum Gasteiger partial charge on any atom is 0.257 e. The van der Waals surface area contributed by atoms with E-state index in [0.717, 1.165) is 20.9 Å². The van der Waals surface area contributed by atoms with Gasteiger partial charge in [0.1, 0.15) is 0 Å². The summed E-state index contributed by atoms with van der Waals surface area (Å²) < 4.78 is 0. The molecule has 128 valence electrons. The van der Waals surface area contributed by atoms with Gasteiger partial charge in [0.25, 0.3) is 5.91 Å². The van der Waals surface area contributed by atoms with Crippen molar-refractivity contribution in [3.63, 3.8) is 0 Å². The summed E-state index contributed by atoms with van der Waals surface area (Å²) in [6, 6.07) is 15.5. The van der Waals surface area contributed by atoms with Gasteiger partial charge in [-0.15, -0.1) is 22.7 Å². The number of nitrogens with two attached hydrogens (primary N) is 1. The zero-order chi connectivity index (χ0) is 17.9. The van der Waals surface area contributed by atoms with Crippen LogP contribution in [0.25, 0.3) is 20.9 Å². The molecule has 0 aliphatic heterocycles. The van der Waals surface area contributed by atoms with Crippen molar-refractivity contribution in [3.8, 4) is 20.9 Å². The Labute approximate surface area is 159 Å². The van der Waals surface area contributed by atoms with Crippen LogP contribution in [-0.2, 0) is 0 Å². The highest BCUT2D eigenvalue weighted by atomic mass is 32.1. The first kappa shape index (κ1) is 16.5. The maximum absolute atomic E-state index is 12.7. The van der Waals surface area contributed by atoms with E-state index in [1.54, 1.807) is 35.1 Å². The van der Waals surface area contributed by atoms with Gasteiger partial charge >= 0.3 is 0 Å². The number of amides is 1. The van der Waals surface area contributed by atoms with Gasteiger partial charge in [0.15, 0.2) is 0 Å². The highest BCUT2D eigenvalue weighted by molar-refractivity contribution is 7.13. The van der Waals surface area contributed by atoms with Crippen molar-refractivity contribution in [3.05, 3.63) is 77.2 Å². The van der Waals surface area contributed by atoms with Crippen molar-refractivity contribution in [1.29, 1.82) is 0 Å². The molecule has 4 nitrogen and oxygen atoms in total. The first-order chi connectivity index (χ1) is 12.7. The number of nitrogens with one attached hydrogen (secondary N) is 1. The fourth-order valence-corrected chi connectivity index (χ4v) is 4.03. The average molecular weight is 377 g/mol. The lowest BCUT2D eigenvalue weighted by Gasteiger charge is -2.10. The van der Waals surface area contributed by atoms with E-state index in [1.807, 2.05) is 59.3 Å². The average Bonchev–Trinajstić information content (AvgIpc) is 3.37. The summed E-state index contributed by atoms with van der Waals surface area (Å²) in [4.78, 5) is 19.1. The van der Waals surface area contributed by atoms with Gasteiger partial charge in [0, 0.05) is 27.7 Å². The smallest absolute Gasteiger partial charge is 0.257 e. The SMILES string of the molecule is Nc1ccc(-c2cccs2)cc1NC(=O)c1cncc(-c2cccs2)c1. The molecule has 6 heteroatoms. The molecule has 0 spiro atoms. The molecule has 0 aliphatic rings. The minimum Gasteiger partial charge on any atom is -0.397 e. The topological polar surface area (TPSA) is 68.0 Å². The predicted molar refractivity (Wildman–Crippen MR) is 110 cm³/mol. The number of benzene rings is 1. The summed E-state index contributed by atoms with van der Waals surface area (Å²) in [6.45, 7) is 0. The minimum absolute atomic E-state index is 0.231. The van der Waals surface area contributed by atoms with Gasteiger partial charge < -0.3 is 11.1 Å². The summed E-state index contributed by atoms with van der Waals surface area (Å²) in [5, 5.41) is 6.92.